The summed E-state index contributed by atoms with van der Waals surface area (Å²) in [4.78, 5) is 20.1. The van der Waals surface area contributed by atoms with Gasteiger partial charge in [-0.3, -0.25) is 14.6 Å². The molecule has 176 valence electrons. The Bertz CT molecular complexity index is 668. The highest BCUT2D eigenvalue weighted by Crippen LogP contribution is 2.34. The Hall–Kier alpha value is -1.40. The number of nitrogens with zero attached hydrogens (tertiary/aromatic N) is 3. The van der Waals surface area contributed by atoms with E-state index in [0.29, 0.717) is 0 Å². The standard InChI is InChI=1S/C25H42FN3O2/c1-5-8-23(20(2)26)29-16-7-15-27(3)25(19-29)13-17-28(18-14-25)24(30)21-9-6-10-22(31-4)12-11-21/h11-12,20,23H,5-10,13-19H2,1-4H3. The average Bonchev–Trinajstić information content (AvgIpc) is 3.09. The molecule has 5 nitrogen and oxygen atoms in total. The van der Waals surface area contributed by atoms with Crippen molar-refractivity contribution in [2.24, 2.45) is 0 Å². The highest BCUT2D eigenvalue weighted by atomic mass is 19.1. The topological polar surface area (TPSA) is 36.0 Å². The van der Waals surface area contributed by atoms with Gasteiger partial charge in [-0.1, -0.05) is 19.4 Å². The van der Waals surface area contributed by atoms with E-state index in [0.717, 1.165) is 95.4 Å². The molecule has 1 spiro atoms. The predicted molar refractivity (Wildman–Crippen MR) is 124 cm³/mol. The Morgan fingerprint density at radius 1 is 1.16 bits per heavy atom. The highest BCUT2D eigenvalue weighted by Gasteiger charge is 2.43. The van der Waals surface area contributed by atoms with Crippen LogP contribution in [-0.2, 0) is 9.53 Å². The second-order valence-corrected chi connectivity index (χ2v) is 9.68. The molecule has 3 aliphatic rings. The molecular formula is C25H42FN3O2. The first-order valence-corrected chi connectivity index (χ1v) is 12.2. The van der Waals surface area contributed by atoms with Crippen LogP contribution in [0.5, 0.6) is 0 Å². The van der Waals surface area contributed by atoms with E-state index in [4.69, 9.17) is 4.74 Å². The van der Waals surface area contributed by atoms with Crippen LogP contribution in [0.25, 0.3) is 0 Å². The molecule has 0 aromatic carbocycles. The first-order valence-electron chi connectivity index (χ1n) is 12.2. The molecule has 1 amide bonds. The summed E-state index contributed by atoms with van der Waals surface area (Å²) >= 11 is 0. The second-order valence-electron chi connectivity index (χ2n) is 9.68. The van der Waals surface area contributed by atoms with E-state index in [2.05, 4.69) is 23.8 Å². The second kappa shape index (κ2) is 11.0. The number of carbonyl (C=O) groups is 1. The van der Waals surface area contributed by atoms with Crippen molar-refractivity contribution in [1.29, 1.82) is 0 Å². The summed E-state index contributed by atoms with van der Waals surface area (Å²) in [6.07, 6.45) is 10.7. The number of ether oxygens (including phenoxy) is 1. The van der Waals surface area contributed by atoms with Gasteiger partial charge in [0.25, 0.3) is 0 Å². The zero-order chi connectivity index (χ0) is 22.4. The predicted octanol–water partition coefficient (Wildman–Crippen LogP) is 4.15. The number of hydrogen-bond donors (Lipinski definition) is 0. The minimum absolute atomic E-state index is 0.00551. The maximum absolute atomic E-state index is 14.5. The van der Waals surface area contributed by atoms with E-state index in [1.54, 1.807) is 14.0 Å². The molecule has 0 aromatic heterocycles. The van der Waals surface area contributed by atoms with Crippen LogP contribution in [-0.4, -0.2) is 85.2 Å². The average molecular weight is 436 g/mol. The van der Waals surface area contributed by atoms with Gasteiger partial charge in [-0.2, -0.15) is 0 Å². The first-order chi connectivity index (χ1) is 14.9. The molecule has 2 aliphatic heterocycles. The Kier molecular flexibility index (Phi) is 8.57. The first kappa shape index (κ1) is 24.2. The summed E-state index contributed by atoms with van der Waals surface area (Å²) in [6.45, 7) is 8.33. The maximum atomic E-state index is 14.5. The Morgan fingerprint density at radius 2 is 1.90 bits per heavy atom. The number of alkyl halides is 1. The molecule has 0 bridgehead atoms. The molecular weight excluding hydrogens is 393 g/mol. The minimum Gasteiger partial charge on any atom is -0.501 e. The lowest BCUT2D eigenvalue weighted by atomic mass is 9.84. The Balaban J connectivity index is 1.68. The Labute approximate surface area is 188 Å². The van der Waals surface area contributed by atoms with Crippen molar-refractivity contribution in [1.82, 2.24) is 14.7 Å². The molecule has 0 saturated carbocycles. The van der Waals surface area contributed by atoms with Gasteiger partial charge in [0, 0.05) is 43.2 Å². The molecule has 6 heteroatoms. The van der Waals surface area contributed by atoms with Gasteiger partial charge in [-0.15, -0.1) is 0 Å². The summed E-state index contributed by atoms with van der Waals surface area (Å²) in [6, 6.07) is 0.00551. The van der Waals surface area contributed by atoms with Crippen LogP contribution in [0.2, 0.25) is 0 Å². The number of hydrogen-bond acceptors (Lipinski definition) is 4. The van der Waals surface area contributed by atoms with E-state index in [-0.39, 0.29) is 17.5 Å². The quantitative estimate of drug-likeness (QED) is 0.628. The third-order valence-electron chi connectivity index (χ3n) is 7.69. The molecule has 2 saturated heterocycles. The van der Waals surface area contributed by atoms with Gasteiger partial charge < -0.3 is 9.64 Å². The number of piperidine rings is 1. The minimum atomic E-state index is -0.811. The lowest BCUT2D eigenvalue weighted by molar-refractivity contribution is -0.130. The van der Waals surface area contributed by atoms with Crippen molar-refractivity contribution < 1.29 is 13.9 Å². The summed E-state index contributed by atoms with van der Waals surface area (Å²) in [5, 5.41) is 0. The fourth-order valence-electron chi connectivity index (χ4n) is 5.64. The number of halogens is 1. The molecule has 31 heavy (non-hydrogen) atoms. The van der Waals surface area contributed by atoms with Crippen molar-refractivity contribution in [2.45, 2.75) is 83.0 Å². The van der Waals surface area contributed by atoms with Gasteiger partial charge in [-0.25, -0.2) is 4.39 Å². The zero-order valence-electron chi connectivity index (χ0n) is 20.0. The normalized spacial score (nSPS) is 25.3. The van der Waals surface area contributed by atoms with Crippen molar-refractivity contribution in [3.63, 3.8) is 0 Å². The van der Waals surface area contributed by atoms with Crippen molar-refractivity contribution in [3.05, 3.63) is 23.5 Å². The van der Waals surface area contributed by atoms with Crippen molar-refractivity contribution in [3.8, 4) is 0 Å². The van der Waals surface area contributed by atoms with Crippen molar-refractivity contribution >= 4 is 5.91 Å². The molecule has 0 aromatic rings. The van der Waals surface area contributed by atoms with Gasteiger partial charge in [0.15, 0.2) is 0 Å². The van der Waals surface area contributed by atoms with E-state index in [1.165, 1.54) is 0 Å². The lowest BCUT2D eigenvalue weighted by Crippen LogP contribution is -2.60. The molecule has 1 aliphatic carbocycles. The third-order valence-corrected chi connectivity index (χ3v) is 7.69. The van der Waals surface area contributed by atoms with Crippen LogP contribution in [0.4, 0.5) is 4.39 Å². The van der Waals surface area contributed by atoms with E-state index in [1.807, 2.05) is 17.1 Å². The maximum Gasteiger partial charge on any atom is 0.249 e. The van der Waals surface area contributed by atoms with Crippen LogP contribution >= 0.6 is 0 Å². The van der Waals surface area contributed by atoms with Gasteiger partial charge in [0.1, 0.15) is 6.17 Å². The van der Waals surface area contributed by atoms with Crippen LogP contribution < -0.4 is 0 Å². The number of carbonyl (C=O) groups excluding carboxylic acids is 1. The number of amides is 1. The SMILES string of the molecule is CCCC(C(C)F)N1CCCN(C)C2(CCN(C(=O)C3=CC=C(OC)CCC3)CC2)C1. The fraction of sp³-hybridized carbons (Fsp3) is 0.800. The lowest BCUT2D eigenvalue weighted by Gasteiger charge is -2.49. The molecule has 2 heterocycles. The third kappa shape index (κ3) is 5.70. The highest BCUT2D eigenvalue weighted by molar-refractivity contribution is 5.93. The van der Waals surface area contributed by atoms with Crippen LogP contribution in [0, 0.1) is 0 Å². The van der Waals surface area contributed by atoms with Crippen LogP contribution in [0.1, 0.15) is 65.2 Å². The summed E-state index contributed by atoms with van der Waals surface area (Å²) < 4.78 is 19.8. The summed E-state index contributed by atoms with van der Waals surface area (Å²) in [5.41, 5.74) is 0.933. The zero-order valence-corrected chi connectivity index (χ0v) is 20.0. The number of likely N-dealkylation sites (tertiary alicyclic amines) is 1. The molecule has 2 fully saturated rings. The fourth-order valence-corrected chi connectivity index (χ4v) is 5.64. The van der Waals surface area contributed by atoms with Gasteiger partial charge in [0.05, 0.1) is 12.9 Å². The van der Waals surface area contributed by atoms with Crippen LogP contribution in [0.3, 0.4) is 0 Å². The number of rotatable bonds is 6. The Morgan fingerprint density at radius 3 is 2.55 bits per heavy atom. The molecule has 0 radical (unpaired) electrons. The van der Waals surface area contributed by atoms with Crippen LogP contribution in [0.15, 0.2) is 23.5 Å². The molecule has 2 atom stereocenters. The monoisotopic (exact) mass is 435 g/mol. The molecule has 2 unspecified atom stereocenters. The van der Waals surface area contributed by atoms with Gasteiger partial charge in [0.2, 0.25) is 5.91 Å². The van der Waals surface area contributed by atoms with Crippen molar-refractivity contribution in [2.75, 3.05) is 46.9 Å². The molecule has 3 rings (SSSR count). The number of methoxy groups -OCH3 is 1. The summed E-state index contributed by atoms with van der Waals surface area (Å²) in [7, 11) is 3.91. The van der Waals surface area contributed by atoms with Gasteiger partial charge in [-0.05, 0) is 71.7 Å². The van der Waals surface area contributed by atoms with E-state index >= 15 is 0 Å². The summed E-state index contributed by atoms with van der Waals surface area (Å²) in [5.74, 6) is 1.13. The van der Waals surface area contributed by atoms with E-state index < -0.39 is 6.17 Å². The largest absolute Gasteiger partial charge is 0.501 e. The number of likely N-dealkylation sites (N-methyl/N-ethyl adjacent to an activating group) is 1. The van der Waals surface area contributed by atoms with E-state index in [9.17, 15) is 9.18 Å². The smallest absolute Gasteiger partial charge is 0.249 e. The number of allylic oxidation sites excluding steroid dienone is 3. The van der Waals surface area contributed by atoms with Gasteiger partial charge >= 0.3 is 0 Å². The molecule has 0 N–H and O–H groups in total.